The van der Waals surface area contributed by atoms with Crippen LogP contribution >= 0.6 is 0 Å². The highest BCUT2D eigenvalue weighted by Gasteiger charge is 2.49. The smallest absolute Gasteiger partial charge is 0.314 e. The Bertz CT molecular complexity index is 624. The molecule has 4 atom stereocenters. The average Bonchev–Trinajstić information content (AvgIpc) is 2.70. The number of fused-ring (bicyclic) bond motifs is 2. The van der Waals surface area contributed by atoms with Crippen LogP contribution in [0.3, 0.4) is 0 Å². The fourth-order valence-corrected chi connectivity index (χ4v) is 3.77. The topological polar surface area (TPSA) is 117 Å². The van der Waals surface area contributed by atoms with Gasteiger partial charge in [0.2, 0.25) is 0 Å². The quantitative estimate of drug-likeness (QED) is 0.579. The van der Waals surface area contributed by atoms with Gasteiger partial charge in [0, 0.05) is 12.6 Å². The van der Waals surface area contributed by atoms with E-state index in [2.05, 4.69) is 10.8 Å². The molecule has 2 saturated heterocycles. The van der Waals surface area contributed by atoms with Crippen LogP contribution in [0.25, 0.3) is 0 Å². The Morgan fingerprint density at radius 2 is 2.00 bits per heavy atom. The summed E-state index contributed by atoms with van der Waals surface area (Å²) in [4.78, 5) is 31.4. The molecule has 2 bridgehead atoms. The van der Waals surface area contributed by atoms with E-state index in [1.54, 1.807) is 0 Å². The van der Waals surface area contributed by atoms with E-state index in [0.717, 1.165) is 24.2 Å². The molecule has 2 heterocycles. The maximum absolute atomic E-state index is 12.3. The summed E-state index contributed by atoms with van der Waals surface area (Å²) in [5, 5.41) is 3.95. The lowest BCUT2D eigenvalue weighted by Gasteiger charge is -2.36. The first-order valence-electron chi connectivity index (χ1n) is 7.92. The molecular weight excluding hydrogens is 340 g/mol. The Labute approximate surface area is 140 Å². The number of urea groups is 1. The zero-order valence-electron chi connectivity index (χ0n) is 13.6. The van der Waals surface area contributed by atoms with Crippen molar-refractivity contribution in [2.75, 3.05) is 19.8 Å². The van der Waals surface area contributed by atoms with Crippen molar-refractivity contribution in [2.45, 2.75) is 49.9 Å². The minimum atomic E-state index is -3.80. The van der Waals surface area contributed by atoms with E-state index in [-0.39, 0.29) is 24.7 Å². The normalized spacial score (nSPS) is 32.7. The molecule has 2 unspecified atom stereocenters. The summed E-state index contributed by atoms with van der Waals surface area (Å²) < 4.78 is 27.3. The van der Waals surface area contributed by atoms with Crippen molar-refractivity contribution in [3.05, 3.63) is 0 Å². The average molecular weight is 362 g/mol. The molecule has 3 amide bonds. The second kappa shape index (κ2) is 6.47. The number of hydrogen-bond acceptors (Lipinski definition) is 7. The molecule has 0 aromatic rings. The number of carbonyl (C=O) groups excluding carboxylic acids is 2. The zero-order valence-corrected chi connectivity index (χ0v) is 14.4. The molecule has 11 heteroatoms. The molecule has 0 radical (unpaired) electrons. The summed E-state index contributed by atoms with van der Waals surface area (Å²) >= 11 is 0. The van der Waals surface area contributed by atoms with Crippen LogP contribution < -0.4 is 10.8 Å². The molecule has 10 nitrogen and oxygen atoms in total. The molecule has 2 aliphatic heterocycles. The summed E-state index contributed by atoms with van der Waals surface area (Å²) in [5.74, 6) is -0.398. The number of likely N-dealkylation sites (N-methyl/N-ethyl adjacent to an activating group) is 1. The Balaban J connectivity index is 1.58. The number of piperidine rings is 1. The summed E-state index contributed by atoms with van der Waals surface area (Å²) in [6.07, 6.45) is 3.57. The predicted molar refractivity (Wildman–Crippen MR) is 81.8 cm³/mol. The van der Waals surface area contributed by atoms with Crippen LogP contribution in [-0.4, -0.2) is 74.4 Å². The van der Waals surface area contributed by atoms with E-state index in [4.69, 9.17) is 9.12 Å². The van der Waals surface area contributed by atoms with Gasteiger partial charge in [-0.1, -0.05) is 0 Å². The number of hydrogen-bond donors (Lipinski definition) is 2. The molecule has 1 saturated carbocycles. The molecule has 3 fully saturated rings. The number of carbonyl (C=O) groups is 2. The van der Waals surface area contributed by atoms with E-state index in [9.17, 15) is 18.0 Å². The second-order valence-electron chi connectivity index (χ2n) is 6.38. The van der Waals surface area contributed by atoms with Crippen LogP contribution in [0.2, 0.25) is 0 Å². The molecule has 0 spiro atoms. The van der Waals surface area contributed by atoms with E-state index in [1.807, 2.05) is 7.05 Å². The van der Waals surface area contributed by atoms with Gasteiger partial charge < -0.3 is 10.2 Å². The van der Waals surface area contributed by atoms with Gasteiger partial charge in [-0.2, -0.15) is 13.5 Å². The highest BCUT2D eigenvalue weighted by molar-refractivity contribution is 7.85. The molecule has 0 aromatic heterocycles. The van der Waals surface area contributed by atoms with Crippen molar-refractivity contribution in [3.8, 4) is 0 Å². The summed E-state index contributed by atoms with van der Waals surface area (Å²) in [5.41, 5.74) is 2.43. The van der Waals surface area contributed by atoms with Crippen LogP contribution in [-0.2, 0) is 24.0 Å². The first-order valence-corrected chi connectivity index (χ1v) is 9.74. The molecule has 2 N–H and O–H groups in total. The highest BCUT2D eigenvalue weighted by atomic mass is 32.2. The van der Waals surface area contributed by atoms with Crippen molar-refractivity contribution < 1.29 is 27.1 Å². The van der Waals surface area contributed by atoms with E-state index in [1.165, 1.54) is 4.90 Å². The van der Waals surface area contributed by atoms with Crippen molar-refractivity contribution in [2.24, 2.45) is 0 Å². The van der Waals surface area contributed by atoms with Crippen LogP contribution in [0.4, 0.5) is 4.79 Å². The van der Waals surface area contributed by atoms with Crippen molar-refractivity contribution >= 4 is 22.1 Å². The molecule has 24 heavy (non-hydrogen) atoms. The van der Waals surface area contributed by atoms with E-state index >= 15 is 0 Å². The summed E-state index contributed by atoms with van der Waals surface area (Å²) in [6.45, 7) is 0.259. The number of nitrogens with one attached hydrogen (secondary N) is 2. The van der Waals surface area contributed by atoms with Gasteiger partial charge in [0.05, 0.1) is 12.3 Å². The maximum Gasteiger partial charge on any atom is 0.346 e. The van der Waals surface area contributed by atoms with Gasteiger partial charge in [-0.25, -0.2) is 10.3 Å². The fraction of sp³-hybridized carbons (Fsp3) is 0.846. The summed E-state index contributed by atoms with van der Waals surface area (Å²) in [6, 6.07) is -1.44. The standard InChI is InChI=1S/C13H22N4O6S/c1-14-9-4-6-11(9)22-15-12(18)10-5-3-8-7-16(10)13(19)17(8)23-24(2,20)21/h8-11,14H,3-7H2,1-2H3,(H,15,18)/t8-,9?,10+,11?/m1/s1. The Hall–Kier alpha value is -1.43. The number of hydroxylamine groups is 3. The number of amides is 3. The summed E-state index contributed by atoms with van der Waals surface area (Å²) in [7, 11) is -1.96. The van der Waals surface area contributed by atoms with Gasteiger partial charge in [0.25, 0.3) is 16.0 Å². The Kier molecular flexibility index (Phi) is 4.69. The lowest BCUT2D eigenvalue weighted by Crippen LogP contribution is -2.54. The first kappa shape index (κ1) is 17.4. The van der Waals surface area contributed by atoms with Crippen LogP contribution in [0.15, 0.2) is 0 Å². The third-order valence-electron chi connectivity index (χ3n) is 4.73. The van der Waals surface area contributed by atoms with E-state index < -0.39 is 28.1 Å². The molecule has 3 aliphatic rings. The van der Waals surface area contributed by atoms with Crippen molar-refractivity contribution in [1.29, 1.82) is 0 Å². The van der Waals surface area contributed by atoms with Crippen LogP contribution in [0.1, 0.15) is 25.7 Å². The van der Waals surface area contributed by atoms with Gasteiger partial charge in [-0.3, -0.25) is 9.63 Å². The minimum Gasteiger partial charge on any atom is -0.314 e. The second-order valence-corrected chi connectivity index (χ2v) is 7.94. The molecular formula is C13H22N4O6S. The lowest BCUT2D eigenvalue weighted by atomic mass is 9.89. The van der Waals surface area contributed by atoms with Gasteiger partial charge in [-0.05, 0) is 32.7 Å². The molecule has 1 aliphatic carbocycles. The molecule has 3 rings (SSSR count). The number of rotatable bonds is 6. The SMILES string of the molecule is CNC1CCC1ONC(=O)[C@@H]1CC[C@@H]2CN1C(=O)N2OS(C)(=O)=O. The van der Waals surface area contributed by atoms with Crippen molar-refractivity contribution in [3.63, 3.8) is 0 Å². The lowest BCUT2D eigenvalue weighted by molar-refractivity contribution is -0.150. The fourth-order valence-electron chi connectivity index (χ4n) is 3.29. The predicted octanol–water partition coefficient (Wildman–Crippen LogP) is -1.06. The third-order valence-corrected chi connectivity index (χ3v) is 5.17. The van der Waals surface area contributed by atoms with Gasteiger partial charge in [0.1, 0.15) is 12.1 Å². The van der Waals surface area contributed by atoms with Gasteiger partial charge in [-0.15, -0.1) is 4.28 Å². The van der Waals surface area contributed by atoms with Crippen LogP contribution in [0.5, 0.6) is 0 Å². The van der Waals surface area contributed by atoms with Gasteiger partial charge >= 0.3 is 6.03 Å². The number of nitrogens with zero attached hydrogens (tertiary/aromatic N) is 2. The highest BCUT2D eigenvalue weighted by Crippen LogP contribution is 2.31. The van der Waals surface area contributed by atoms with Crippen molar-refractivity contribution in [1.82, 2.24) is 20.8 Å². The minimum absolute atomic E-state index is 0.0744. The monoisotopic (exact) mass is 362 g/mol. The van der Waals surface area contributed by atoms with Crippen LogP contribution in [0, 0.1) is 0 Å². The largest absolute Gasteiger partial charge is 0.346 e. The Morgan fingerprint density at radius 3 is 2.58 bits per heavy atom. The first-order chi connectivity index (χ1) is 11.3. The van der Waals surface area contributed by atoms with E-state index in [0.29, 0.717) is 12.8 Å². The molecule has 0 aromatic carbocycles. The Morgan fingerprint density at radius 1 is 1.25 bits per heavy atom. The third kappa shape index (κ3) is 3.34. The zero-order chi connectivity index (χ0) is 17.5. The maximum atomic E-state index is 12.3. The molecule has 136 valence electrons. The van der Waals surface area contributed by atoms with Gasteiger partial charge in [0.15, 0.2) is 0 Å².